The lowest BCUT2D eigenvalue weighted by Crippen LogP contribution is -2.68. The molecule has 0 N–H and O–H groups in total. The van der Waals surface area contributed by atoms with Gasteiger partial charge in [-0.1, -0.05) is 187 Å². The summed E-state index contributed by atoms with van der Waals surface area (Å²) in [7, 11) is -2.75. The summed E-state index contributed by atoms with van der Waals surface area (Å²) in [5, 5.41) is 10.2. The summed E-state index contributed by atoms with van der Waals surface area (Å²) in [6, 6.07) is 67.6. The van der Waals surface area contributed by atoms with Gasteiger partial charge in [-0.15, -0.1) is 0 Å². The first kappa shape index (κ1) is 33.2. The fraction of sp³-hybridized carbons (Fsp3) is 0.0392. The largest absolute Gasteiger partial charge is 0.278 e. The van der Waals surface area contributed by atoms with Gasteiger partial charge < -0.3 is 0 Å². The number of hydrogen-bond acceptors (Lipinski definition) is 3. The van der Waals surface area contributed by atoms with Crippen molar-refractivity contribution < 1.29 is 0 Å². The Bertz CT molecular complexity index is 2830. The number of benzene rings is 7. The summed E-state index contributed by atoms with van der Waals surface area (Å²) in [5.41, 5.74) is 4.25. The third kappa shape index (κ3) is 5.25. The molecule has 0 bridgehead atoms. The van der Waals surface area contributed by atoms with Crippen molar-refractivity contribution in [3.8, 4) is 11.9 Å². The van der Waals surface area contributed by atoms with Crippen molar-refractivity contribution in [1.29, 1.82) is 0 Å². The number of nitrogens with zero attached hydrogens (tertiary/aromatic N) is 5. The topological polar surface area (TPSA) is 48.5 Å². The van der Waals surface area contributed by atoms with Gasteiger partial charge in [0.05, 0.1) is 22.1 Å². The third-order valence-electron chi connectivity index (χ3n) is 11.7. The molecule has 0 saturated carbocycles. The van der Waals surface area contributed by atoms with E-state index in [4.69, 9.17) is 15.0 Å². The molecule has 0 saturated heterocycles. The van der Waals surface area contributed by atoms with Gasteiger partial charge in [-0.25, -0.2) is 0 Å². The van der Waals surface area contributed by atoms with Crippen LogP contribution in [-0.2, 0) is 0 Å². The predicted octanol–water partition coefficient (Wildman–Crippen LogP) is 9.75. The first-order valence-corrected chi connectivity index (χ1v) is 21.6. The van der Waals surface area contributed by atoms with Gasteiger partial charge in [0.25, 0.3) is 0 Å². The van der Waals surface area contributed by atoms with Crippen LogP contribution < -0.4 is 15.6 Å². The average Bonchev–Trinajstić information content (AvgIpc) is 3.81. The van der Waals surface area contributed by atoms with E-state index in [0.29, 0.717) is 11.9 Å². The Morgan fingerprint density at radius 2 is 0.754 bits per heavy atom. The Hall–Kier alpha value is -7.15. The van der Waals surface area contributed by atoms with E-state index >= 15 is 0 Å². The molecule has 0 radical (unpaired) electrons. The van der Waals surface area contributed by atoms with Crippen LogP contribution in [0.5, 0.6) is 0 Å². The van der Waals surface area contributed by atoms with Gasteiger partial charge in [0.15, 0.2) is 8.07 Å². The van der Waals surface area contributed by atoms with E-state index in [1.165, 1.54) is 42.3 Å². The zero-order chi connectivity index (χ0) is 37.8. The van der Waals surface area contributed by atoms with E-state index in [1.807, 2.05) is 0 Å². The van der Waals surface area contributed by atoms with E-state index in [2.05, 4.69) is 215 Å². The first-order valence-electron chi connectivity index (χ1n) is 19.6. The maximum atomic E-state index is 5.47. The molecule has 11 rings (SSSR count). The monoisotopic (exact) mass is 747 g/mol. The molecule has 6 heteroatoms. The van der Waals surface area contributed by atoms with Gasteiger partial charge in [-0.05, 0) is 46.2 Å². The molecular weight excluding hydrogens is 711 g/mol. The van der Waals surface area contributed by atoms with E-state index in [-0.39, 0.29) is 5.92 Å². The molecule has 5 nitrogen and oxygen atoms in total. The molecule has 270 valence electrons. The quantitative estimate of drug-likeness (QED) is 0.121. The lowest BCUT2D eigenvalue weighted by molar-refractivity contribution is 0.727. The van der Waals surface area contributed by atoms with Crippen LogP contribution >= 0.6 is 0 Å². The molecule has 1 unspecified atom stereocenters. The molecular formula is C51H37N5Si. The lowest BCUT2D eigenvalue weighted by Gasteiger charge is -2.38. The Morgan fingerprint density at radius 1 is 0.404 bits per heavy atom. The van der Waals surface area contributed by atoms with Gasteiger partial charge in [0, 0.05) is 27.5 Å². The van der Waals surface area contributed by atoms with Crippen molar-refractivity contribution in [1.82, 2.24) is 24.1 Å². The molecule has 1 aliphatic rings. The van der Waals surface area contributed by atoms with Crippen molar-refractivity contribution in [2.75, 3.05) is 0 Å². The zero-order valence-corrected chi connectivity index (χ0v) is 32.2. The fourth-order valence-electron chi connectivity index (χ4n) is 9.27. The van der Waals surface area contributed by atoms with E-state index in [1.54, 1.807) is 0 Å². The van der Waals surface area contributed by atoms with Gasteiger partial charge >= 0.3 is 0 Å². The van der Waals surface area contributed by atoms with Crippen molar-refractivity contribution in [2.45, 2.75) is 12.3 Å². The van der Waals surface area contributed by atoms with Crippen LogP contribution in [-0.4, -0.2) is 32.2 Å². The van der Waals surface area contributed by atoms with Crippen molar-refractivity contribution in [2.24, 2.45) is 0 Å². The maximum Gasteiger partial charge on any atom is 0.239 e. The summed E-state index contributed by atoms with van der Waals surface area (Å²) in [4.78, 5) is 16.3. The van der Waals surface area contributed by atoms with Crippen LogP contribution in [0.25, 0.3) is 55.5 Å². The second-order valence-corrected chi connectivity index (χ2v) is 18.6. The molecule has 0 spiro atoms. The van der Waals surface area contributed by atoms with Crippen LogP contribution in [0.15, 0.2) is 211 Å². The van der Waals surface area contributed by atoms with Crippen LogP contribution in [0, 0.1) is 0 Å². The number of aromatic nitrogens is 5. The maximum absolute atomic E-state index is 5.47. The van der Waals surface area contributed by atoms with Crippen LogP contribution in [0.3, 0.4) is 0 Å². The predicted molar refractivity (Wildman–Crippen MR) is 237 cm³/mol. The summed E-state index contributed by atoms with van der Waals surface area (Å²) < 4.78 is 4.43. The lowest BCUT2D eigenvalue weighted by atomic mass is 10.00. The van der Waals surface area contributed by atoms with Gasteiger partial charge in [0.2, 0.25) is 11.9 Å². The highest BCUT2D eigenvalue weighted by atomic mass is 28.3. The summed E-state index contributed by atoms with van der Waals surface area (Å²) in [6.45, 7) is 0. The minimum absolute atomic E-state index is 0.102. The Balaban J connectivity index is 1.16. The molecule has 1 aliphatic carbocycles. The molecule has 0 fully saturated rings. The van der Waals surface area contributed by atoms with Gasteiger partial charge in [-0.2, -0.15) is 15.0 Å². The van der Waals surface area contributed by atoms with Crippen molar-refractivity contribution in [3.05, 3.63) is 217 Å². The molecule has 10 aromatic rings. The molecule has 0 aliphatic heterocycles. The van der Waals surface area contributed by atoms with Crippen LogP contribution in [0.4, 0.5) is 0 Å². The first-order chi connectivity index (χ1) is 28.3. The van der Waals surface area contributed by atoms with E-state index in [0.717, 1.165) is 34.3 Å². The second-order valence-electron chi connectivity index (χ2n) is 14.8. The summed E-state index contributed by atoms with van der Waals surface area (Å²) in [6.07, 6.45) is 7.66. The highest BCUT2D eigenvalue weighted by Gasteiger charge is 2.44. The zero-order valence-electron chi connectivity index (χ0n) is 31.2. The second kappa shape index (κ2) is 13.5. The Labute approximate surface area is 331 Å². The molecule has 57 heavy (non-hydrogen) atoms. The van der Waals surface area contributed by atoms with Crippen LogP contribution in [0.2, 0.25) is 0 Å². The summed E-state index contributed by atoms with van der Waals surface area (Å²) >= 11 is 0. The Morgan fingerprint density at radius 3 is 1.14 bits per heavy atom. The number of para-hydroxylation sites is 4. The number of rotatable bonds is 7. The molecule has 7 aromatic carbocycles. The fourth-order valence-corrected chi connectivity index (χ4v) is 14.3. The SMILES string of the molecule is C1=CC(c2nc(-n3c4ccccc4c4ccccc43)nc(-n3c4ccccc4c4ccccc43)n2)CC([Si](c2ccccc2)(c2ccccc2)c2ccccc2)=C1. The van der Waals surface area contributed by atoms with Crippen molar-refractivity contribution >= 4 is 67.2 Å². The highest BCUT2D eigenvalue weighted by molar-refractivity contribution is 7.16. The van der Waals surface area contributed by atoms with E-state index in [9.17, 15) is 0 Å². The third-order valence-corrected chi connectivity index (χ3v) is 16.6. The molecule has 3 aromatic heterocycles. The van der Waals surface area contributed by atoms with Gasteiger partial charge in [-0.3, -0.25) is 9.13 Å². The smallest absolute Gasteiger partial charge is 0.239 e. The molecule has 3 heterocycles. The Kier molecular flexibility index (Phi) is 7.89. The minimum atomic E-state index is -2.75. The minimum Gasteiger partial charge on any atom is -0.278 e. The number of allylic oxidation sites excluding steroid dienone is 4. The van der Waals surface area contributed by atoms with Crippen LogP contribution in [0.1, 0.15) is 18.2 Å². The highest BCUT2D eigenvalue weighted by Crippen LogP contribution is 2.36. The van der Waals surface area contributed by atoms with Crippen molar-refractivity contribution in [3.63, 3.8) is 0 Å². The summed E-state index contributed by atoms with van der Waals surface area (Å²) in [5.74, 6) is 1.86. The van der Waals surface area contributed by atoms with Gasteiger partial charge in [0.1, 0.15) is 5.82 Å². The molecule has 0 amide bonds. The number of fused-ring (bicyclic) bond motifs is 6. The standard InChI is InChI=1S/C51H37N5Si/c1-4-20-37(21-5-1)57(38-22-6-2-7-23-38,39-24-8-3-9-25-39)40-26-18-19-36(35-40)49-52-50(55-45-31-14-10-27-41(45)42-28-11-15-32-46(42)55)54-51(53-49)56-47-33-16-12-29-43(47)44-30-13-17-34-48(44)56/h1-34,36H,35H2. The van der Waals surface area contributed by atoms with E-state index < -0.39 is 8.07 Å². The average molecular weight is 748 g/mol. The molecule has 1 atom stereocenters. The number of hydrogen-bond donors (Lipinski definition) is 0. The normalized spacial score (nSPS) is 14.5.